The summed E-state index contributed by atoms with van der Waals surface area (Å²) < 4.78 is 5.38. The van der Waals surface area contributed by atoms with E-state index < -0.39 is 0 Å². The van der Waals surface area contributed by atoms with Gasteiger partial charge < -0.3 is 4.74 Å². The quantitative estimate of drug-likeness (QED) is 0.544. The lowest BCUT2D eigenvalue weighted by Crippen LogP contribution is -2.49. The molecule has 1 aliphatic carbocycles. The Balaban J connectivity index is 2.51. The fourth-order valence-corrected chi connectivity index (χ4v) is 2.83. The number of hydrogen-bond donors (Lipinski definition) is 2. The normalized spacial score (nSPS) is 31.2. The Morgan fingerprint density at radius 1 is 1.47 bits per heavy atom. The van der Waals surface area contributed by atoms with Crippen molar-refractivity contribution in [3.8, 4) is 0 Å². The van der Waals surface area contributed by atoms with E-state index in [1.54, 1.807) is 7.11 Å². The number of nitrogens with two attached hydrogens (primary N) is 1. The van der Waals surface area contributed by atoms with E-state index in [1.165, 1.54) is 32.1 Å². The second kappa shape index (κ2) is 6.46. The van der Waals surface area contributed by atoms with Crippen LogP contribution in [0.15, 0.2) is 0 Å². The summed E-state index contributed by atoms with van der Waals surface area (Å²) in [6, 6.07) is 0.310. The van der Waals surface area contributed by atoms with Gasteiger partial charge in [0, 0.05) is 13.2 Å². The summed E-state index contributed by atoms with van der Waals surface area (Å²) in [6.07, 6.45) is 6.84. The number of methoxy groups -OCH3 is 1. The number of ether oxygens (including phenoxy) is 1. The Hall–Kier alpha value is -0.120. The van der Waals surface area contributed by atoms with Crippen molar-refractivity contribution in [3.63, 3.8) is 0 Å². The average molecular weight is 214 g/mol. The van der Waals surface area contributed by atoms with Gasteiger partial charge in [0.2, 0.25) is 0 Å². The van der Waals surface area contributed by atoms with Crippen LogP contribution in [0.3, 0.4) is 0 Å². The molecular weight excluding hydrogens is 188 g/mol. The van der Waals surface area contributed by atoms with Crippen LogP contribution in [-0.2, 0) is 4.74 Å². The van der Waals surface area contributed by atoms with Gasteiger partial charge in [0.1, 0.15) is 0 Å². The first-order valence-corrected chi connectivity index (χ1v) is 6.21. The van der Waals surface area contributed by atoms with Crippen LogP contribution in [0.5, 0.6) is 0 Å². The Bertz CT molecular complexity index is 175. The molecule has 1 fully saturated rings. The van der Waals surface area contributed by atoms with Crippen LogP contribution >= 0.6 is 0 Å². The fraction of sp³-hybridized carbons (Fsp3) is 1.00. The highest BCUT2D eigenvalue weighted by Gasteiger charge is 2.30. The molecular formula is C12H26N2O. The van der Waals surface area contributed by atoms with Gasteiger partial charge in [-0.05, 0) is 31.6 Å². The number of hydrazine groups is 1. The monoisotopic (exact) mass is 214 g/mol. The summed E-state index contributed by atoms with van der Waals surface area (Å²) in [5.41, 5.74) is 2.94. The molecule has 1 saturated carbocycles. The van der Waals surface area contributed by atoms with Gasteiger partial charge >= 0.3 is 0 Å². The highest BCUT2D eigenvalue weighted by molar-refractivity contribution is 4.84. The van der Waals surface area contributed by atoms with Crippen molar-refractivity contribution >= 4 is 0 Å². The molecule has 0 aromatic heterocycles. The van der Waals surface area contributed by atoms with Crippen LogP contribution < -0.4 is 11.3 Å². The van der Waals surface area contributed by atoms with E-state index in [0.717, 1.165) is 5.92 Å². The molecule has 1 rings (SSSR count). The van der Waals surface area contributed by atoms with E-state index in [2.05, 4.69) is 19.3 Å². The Labute approximate surface area is 93.7 Å². The Morgan fingerprint density at radius 3 is 2.73 bits per heavy atom. The molecule has 3 nitrogen and oxygen atoms in total. The van der Waals surface area contributed by atoms with E-state index in [9.17, 15) is 0 Å². The summed E-state index contributed by atoms with van der Waals surface area (Å²) in [5.74, 6) is 7.21. The third-order valence-corrected chi connectivity index (χ3v) is 3.98. The molecule has 15 heavy (non-hydrogen) atoms. The number of rotatable bonds is 5. The largest absolute Gasteiger partial charge is 0.380 e. The van der Waals surface area contributed by atoms with E-state index in [4.69, 9.17) is 10.6 Å². The molecule has 0 amide bonds. The standard InChI is InChI=1S/C12H26N2O/c1-4-10-6-5-7-11(8-10)12(14-13)9(2)15-3/h9-12,14H,4-8,13H2,1-3H3. The third-order valence-electron chi connectivity index (χ3n) is 3.98. The maximum atomic E-state index is 5.64. The topological polar surface area (TPSA) is 47.3 Å². The second-order valence-electron chi connectivity index (χ2n) is 4.83. The summed E-state index contributed by atoms with van der Waals surface area (Å²) in [7, 11) is 1.76. The van der Waals surface area contributed by atoms with Crippen molar-refractivity contribution < 1.29 is 4.74 Å². The van der Waals surface area contributed by atoms with Gasteiger partial charge in [-0.2, -0.15) is 0 Å². The zero-order valence-corrected chi connectivity index (χ0v) is 10.3. The first-order chi connectivity index (χ1) is 7.22. The molecule has 0 heterocycles. The van der Waals surface area contributed by atoms with Crippen molar-refractivity contribution in [1.82, 2.24) is 5.43 Å². The predicted molar refractivity (Wildman–Crippen MR) is 63.3 cm³/mol. The van der Waals surface area contributed by atoms with E-state index in [0.29, 0.717) is 12.0 Å². The van der Waals surface area contributed by atoms with Crippen molar-refractivity contribution in [1.29, 1.82) is 0 Å². The lowest BCUT2D eigenvalue weighted by molar-refractivity contribution is 0.0456. The summed E-state index contributed by atoms with van der Waals surface area (Å²) in [4.78, 5) is 0. The molecule has 90 valence electrons. The van der Waals surface area contributed by atoms with Gasteiger partial charge in [0.25, 0.3) is 0 Å². The van der Waals surface area contributed by atoms with E-state index in [1.807, 2.05) is 0 Å². The minimum absolute atomic E-state index is 0.204. The lowest BCUT2D eigenvalue weighted by atomic mass is 9.76. The van der Waals surface area contributed by atoms with Crippen LogP contribution in [0, 0.1) is 11.8 Å². The SMILES string of the molecule is CCC1CCCC(C(NN)C(C)OC)C1. The molecule has 0 radical (unpaired) electrons. The molecule has 0 aromatic rings. The number of nitrogens with one attached hydrogen (secondary N) is 1. The zero-order valence-electron chi connectivity index (χ0n) is 10.3. The number of hydrogen-bond acceptors (Lipinski definition) is 3. The highest BCUT2D eigenvalue weighted by Crippen LogP contribution is 2.33. The first-order valence-electron chi connectivity index (χ1n) is 6.21. The minimum Gasteiger partial charge on any atom is -0.380 e. The van der Waals surface area contributed by atoms with Crippen LogP contribution in [0.25, 0.3) is 0 Å². The molecule has 0 bridgehead atoms. The molecule has 1 aliphatic rings. The molecule has 0 saturated heterocycles. The average Bonchev–Trinajstić information content (AvgIpc) is 2.30. The second-order valence-corrected chi connectivity index (χ2v) is 4.83. The molecule has 0 aromatic carbocycles. The lowest BCUT2D eigenvalue weighted by Gasteiger charge is -2.36. The fourth-order valence-electron chi connectivity index (χ4n) is 2.83. The Kier molecular flexibility index (Phi) is 5.58. The van der Waals surface area contributed by atoms with Crippen LogP contribution in [-0.4, -0.2) is 19.3 Å². The molecule has 4 unspecified atom stereocenters. The molecule has 3 heteroatoms. The van der Waals surface area contributed by atoms with Gasteiger partial charge in [-0.1, -0.05) is 26.2 Å². The van der Waals surface area contributed by atoms with E-state index in [-0.39, 0.29) is 6.10 Å². The van der Waals surface area contributed by atoms with Crippen LogP contribution in [0.4, 0.5) is 0 Å². The zero-order chi connectivity index (χ0) is 11.3. The van der Waals surface area contributed by atoms with Crippen LogP contribution in [0.1, 0.15) is 46.0 Å². The summed E-state index contributed by atoms with van der Waals surface area (Å²) in [6.45, 7) is 4.39. The maximum absolute atomic E-state index is 5.64. The smallest absolute Gasteiger partial charge is 0.0712 e. The van der Waals surface area contributed by atoms with Gasteiger partial charge in [0.05, 0.1) is 6.10 Å². The highest BCUT2D eigenvalue weighted by atomic mass is 16.5. The van der Waals surface area contributed by atoms with Gasteiger partial charge in [-0.3, -0.25) is 11.3 Å². The minimum atomic E-state index is 0.204. The summed E-state index contributed by atoms with van der Waals surface area (Å²) >= 11 is 0. The molecule has 0 aliphatic heterocycles. The van der Waals surface area contributed by atoms with Crippen molar-refractivity contribution in [2.75, 3.05) is 7.11 Å². The van der Waals surface area contributed by atoms with Crippen molar-refractivity contribution in [3.05, 3.63) is 0 Å². The predicted octanol–water partition coefficient (Wildman–Crippen LogP) is 2.07. The van der Waals surface area contributed by atoms with Gasteiger partial charge in [-0.25, -0.2) is 0 Å². The van der Waals surface area contributed by atoms with Crippen molar-refractivity contribution in [2.24, 2.45) is 17.7 Å². The molecule has 0 spiro atoms. The van der Waals surface area contributed by atoms with Gasteiger partial charge in [-0.15, -0.1) is 0 Å². The Morgan fingerprint density at radius 2 is 2.20 bits per heavy atom. The maximum Gasteiger partial charge on any atom is 0.0712 e. The third kappa shape index (κ3) is 3.44. The summed E-state index contributed by atoms with van der Waals surface area (Å²) in [5, 5.41) is 0. The van der Waals surface area contributed by atoms with E-state index >= 15 is 0 Å². The first kappa shape index (κ1) is 12.9. The van der Waals surface area contributed by atoms with Gasteiger partial charge in [0.15, 0.2) is 0 Å². The van der Waals surface area contributed by atoms with Crippen molar-refractivity contribution in [2.45, 2.75) is 58.1 Å². The molecule has 4 atom stereocenters. The van der Waals surface area contributed by atoms with Crippen LogP contribution in [0.2, 0.25) is 0 Å². The molecule has 3 N–H and O–H groups in total.